The van der Waals surface area contributed by atoms with E-state index in [0.717, 1.165) is 12.1 Å². The van der Waals surface area contributed by atoms with Crippen molar-refractivity contribution in [2.75, 3.05) is 27.2 Å². The number of aromatic nitrogens is 1. The second kappa shape index (κ2) is 8.54. The van der Waals surface area contributed by atoms with E-state index < -0.39 is 17.7 Å². The van der Waals surface area contributed by atoms with Crippen LogP contribution in [0.15, 0.2) is 54.4 Å². The molecule has 2 aromatic rings. The van der Waals surface area contributed by atoms with E-state index in [1.807, 2.05) is 19.0 Å². The molecule has 146 valence electrons. The zero-order valence-corrected chi connectivity index (χ0v) is 16.6. The maximum absolute atomic E-state index is 12.8. The number of hydrogen-bond acceptors (Lipinski definition) is 5. The molecule has 1 aromatic carbocycles. The van der Waals surface area contributed by atoms with Gasteiger partial charge in [-0.1, -0.05) is 11.6 Å². The molecule has 0 spiro atoms. The fraction of sp³-hybridized carbons (Fsp3) is 0.286. The summed E-state index contributed by atoms with van der Waals surface area (Å²) in [5, 5.41) is 11.4. The van der Waals surface area contributed by atoms with Gasteiger partial charge in [0.15, 0.2) is 0 Å². The number of hydrogen-bond donors (Lipinski definition) is 1. The van der Waals surface area contributed by atoms with Crippen molar-refractivity contribution in [1.82, 2.24) is 14.8 Å². The number of benzene rings is 1. The van der Waals surface area contributed by atoms with Gasteiger partial charge in [-0.3, -0.25) is 14.6 Å². The predicted octanol–water partition coefficient (Wildman–Crippen LogP) is 3.11. The van der Waals surface area contributed by atoms with Crippen LogP contribution in [0.2, 0.25) is 5.02 Å². The topological polar surface area (TPSA) is 73.7 Å². The number of halogens is 1. The van der Waals surface area contributed by atoms with Crippen LogP contribution >= 0.6 is 11.6 Å². The molecular formula is C21H22ClN3O3. The van der Waals surface area contributed by atoms with E-state index >= 15 is 0 Å². The predicted molar refractivity (Wildman–Crippen MR) is 108 cm³/mol. The quantitative estimate of drug-likeness (QED) is 0.459. The Morgan fingerprint density at radius 2 is 1.79 bits per heavy atom. The molecule has 1 aromatic heterocycles. The highest BCUT2D eigenvalue weighted by atomic mass is 35.5. The molecule has 6 nitrogen and oxygen atoms in total. The fourth-order valence-electron chi connectivity index (χ4n) is 3.32. The number of aliphatic hydroxyl groups is 1. The molecule has 28 heavy (non-hydrogen) atoms. The molecule has 0 bridgehead atoms. The van der Waals surface area contributed by atoms with Gasteiger partial charge in [0.25, 0.3) is 11.7 Å². The van der Waals surface area contributed by atoms with Gasteiger partial charge in [-0.15, -0.1) is 0 Å². The van der Waals surface area contributed by atoms with E-state index in [0.29, 0.717) is 23.6 Å². The highest BCUT2D eigenvalue weighted by molar-refractivity contribution is 6.46. The number of aliphatic hydroxyl groups excluding tert-OH is 1. The number of likely N-dealkylation sites (tertiary alicyclic amines) is 1. The number of Topliss-reactive ketones (excluding diaryl/α,β-unsaturated/α-hetero) is 1. The van der Waals surface area contributed by atoms with E-state index in [1.54, 1.807) is 48.8 Å². The van der Waals surface area contributed by atoms with Gasteiger partial charge in [0.1, 0.15) is 5.76 Å². The molecule has 0 radical (unpaired) electrons. The average molecular weight is 400 g/mol. The van der Waals surface area contributed by atoms with Crippen molar-refractivity contribution >= 4 is 29.1 Å². The molecule has 1 aliphatic rings. The highest BCUT2D eigenvalue weighted by Crippen LogP contribution is 2.39. The molecule has 3 rings (SSSR count). The van der Waals surface area contributed by atoms with Crippen LogP contribution in [0, 0.1) is 0 Å². The lowest BCUT2D eigenvalue weighted by Crippen LogP contribution is -2.32. The molecule has 1 saturated heterocycles. The lowest BCUT2D eigenvalue weighted by Gasteiger charge is -2.25. The van der Waals surface area contributed by atoms with Crippen molar-refractivity contribution in [3.05, 3.63) is 70.5 Å². The van der Waals surface area contributed by atoms with Crippen LogP contribution in [-0.4, -0.2) is 58.8 Å². The number of rotatable bonds is 6. The summed E-state index contributed by atoms with van der Waals surface area (Å²) in [6.07, 6.45) is 3.93. The maximum atomic E-state index is 12.8. The first kappa shape index (κ1) is 20.0. The van der Waals surface area contributed by atoms with Gasteiger partial charge in [-0.05, 0) is 69.0 Å². The number of ketones is 1. The smallest absolute Gasteiger partial charge is 0.295 e. The molecule has 7 heteroatoms. The van der Waals surface area contributed by atoms with Crippen LogP contribution < -0.4 is 0 Å². The number of carbonyl (C=O) groups is 2. The molecule has 1 atom stereocenters. The van der Waals surface area contributed by atoms with Gasteiger partial charge in [0.05, 0.1) is 11.6 Å². The van der Waals surface area contributed by atoms with E-state index in [9.17, 15) is 14.7 Å². The SMILES string of the molecule is CN(C)CCCN1C(=O)C(=O)C(=C(O)c2ccc(Cl)cc2)C1c1ccncc1. The second-order valence-electron chi connectivity index (χ2n) is 6.94. The molecule has 2 heterocycles. The first-order valence-electron chi connectivity index (χ1n) is 8.99. The Morgan fingerprint density at radius 1 is 1.14 bits per heavy atom. The first-order chi connectivity index (χ1) is 13.4. The summed E-state index contributed by atoms with van der Waals surface area (Å²) in [4.78, 5) is 33.1. The minimum absolute atomic E-state index is 0.0865. The molecule has 1 aliphatic heterocycles. The zero-order valence-electron chi connectivity index (χ0n) is 15.8. The maximum Gasteiger partial charge on any atom is 0.295 e. The normalized spacial score (nSPS) is 18.9. The first-order valence-corrected chi connectivity index (χ1v) is 9.37. The number of amides is 1. The third-order valence-electron chi connectivity index (χ3n) is 4.68. The highest BCUT2D eigenvalue weighted by Gasteiger charge is 2.45. The Morgan fingerprint density at radius 3 is 2.39 bits per heavy atom. The summed E-state index contributed by atoms with van der Waals surface area (Å²) >= 11 is 5.92. The van der Waals surface area contributed by atoms with Crippen LogP contribution in [0.25, 0.3) is 5.76 Å². The van der Waals surface area contributed by atoms with Crippen LogP contribution in [0.5, 0.6) is 0 Å². The van der Waals surface area contributed by atoms with Gasteiger partial charge < -0.3 is 14.9 Å². The van der Waals surface area contributed by atoms with Gasteiger partial charge in [-0.25, -0.2) is 0 Å². The van der Waals surface area contributed by atoms with E-state index in [-0.39, 0.29) is 11.3 Å². The van der Waals surface area contributed by atoms with Gasteiger partial charge >= 0.3 is 0 Å². The summed E-state index contributed by atoms with van der Waals surface area (Å²) in [5.41, 5.74) is 1.26. The summed E-state index contributed by atoms with van der Waals surface area (Å²) in [6.45, 7) is 1.19. The Labute approximate surface area is 169 Å². The van der Waals surface area contributed by atoms with Crippen LogP contribution in [0.4, 0.5) is 0 Å². The molecule has 0 aliphatic carbocycles. The number of pyridine rings is 1. The number of nitrogens with zero attached hydrogens (tertiary/aromatic N) is 3. The third-order valence-corrected chi connectivity index (χ3v) is 4.94. The van der Waals surface area contributed by atoms with Gasteiger partial charge in [0.2, 0.25) is 0 Å². The van der Waals surface area contributed by atoms with Gasteiger partial charge in [-0.2, -0.15) is 0 Å². The summed E-state index contributed by atoms with van der Waals surface area (Å²) < 4.78 is 0. The molecule has 0 saturated carbocycles. The van der Waals surface area contributed by atoms with Crippen LogP contribution in [0.3, 0.4) is 0 Å². The molecular weight excluding hydrogens is 378 g/mol. The van der Waals surface area contributed by atoms with E-state index in [2.05, 4.69) is 4.98 Å². The average Bonchev–Trinajstić information content (AvgIpc) is 2.93. The minimum atomic E-state index is -0.681. The second-order valence-corrected chi connectivity index (χ2v) is 7.37. The van der Waals surface area contributed by atoms with Crippen molar-refractivity contribution in [3.8, 4) is 0 Å². The number of carbonyl (C=O) groups excluding carboxylic acids is 2. The van der Waals surface area contributed by atoms with E-state index in [1.165, 1.54) is 4.90 Å². The fourth-order valence-corrected chi connectivity index (χ4v) is 3.45. The van der Waals surface area contributed by atoms with Crippen molar-refractivity contribution in [1.29, 1.82) is 0 Å². The summed E-state index contributed by atoms with van der Waals surface area (Å²) in [5.74, 6) is -1.48. The molecule has 1 amide bonds. The Balaban J connectivity index is 2.06. The zero-order chi connectivity index (χ0) is 20.3. The minimum Gasteiger partial charge on any atom is -0.507 e. The van der Waals surface area contributed by atoms with Crippen molar-refractivity contribution in [3.63, 3.8) is 0 Å². The lowest BCUT2D eigenvalue weighted by atomic mass is 9.96. The third kappa shape index (κ3) is 4.08. The molecule has 1 fully saturated rings. The lowest BCUT2D eigenvalue weighted by molar-refractivity contribution is -0.139. The molecule has 1 unspecified atom stereocenters. The Hall–Kier alpha value is -2.70. The van der Waals surface area contributed by atoms with Crippen molar-refractivity contribution in [2.24, 2.45) is 0 Å². The van der Waals surface area contributed by atoms with Crippen LogP contribution in [-0.2, 0) is 9.59 Å². The van der Waals surface area contributed by atoms with E-state index in [4.69, 9.17) is 11.6 Å². The van der Waals surface area contributed by atoms with Gasteiger partial charge in [0, 0.05) is 29.5 Å². The standard InChI is InChI=1S/C21H22ClN3O3/c1-24(2)12-3-13-25-18(14-8-10-23-11-9-14)17(20(27)21(25)28)19(26)15-4-6-16(22)7-5-15/h4-11,18,26H,3,12-13H2,1-2H3. The largest absolute Gasteiger partial charge is 0.507 e. The molecule has 1 N–H and O–H groups in total. The Kier molecular flexibility index (Phi) is 6.11. The summed E-state index contributed by atoms with van der Waals surface area (Å²) in [6, 6.07) is 9.37. The van der Waals surface area contributed by atoms with Crippen molar-refractivity contribution < 1.29 is 14.7 Å². The van der Waals surface area contributed by atoms with Crippen LogP contribution in [0.1, 0.15) is 23.6 Å². The van der Waals surface area contributed by atoms with Crippen molar-refractivity contribution in [2.45, 2.75) is 12.5 Å². The monoisotopic (exact) mass is 399 g/mol. The Bertz CT molecular complexity index is 895. The summed E-state index contributed by atoms with van der Waals surface area (Å²) in [7, 11) is 3.91.